The maximum absolute atomic E-state index is 11.2. The SMILES string of the molecule is CCOC(=O)CCNC1CCN(c2ccccn2)CC1. The molecule has 2 heterocycles. The summed E-state index contributed by atoms with van der Waals surface area (Å²) in [6, 6.07) is 6.50. The number of hydrogen-bond acceptors (Lipinski definition) is 5. The molecule has 5 heteroatoms. The summed E-state index contributed by atoms with van der Waals surface area (Å²) in [6.45, 7) is 5.01. The molecule has 1 fully saturated rings. The number of rotatable bonds is 6. The summed E-state index contributed by atoms with van der Waals surface area (Å²) < 4.78 is 4.91. The van der Waals surface area contributed by atoms with Crippen LogP contribution >= 0.6 is 0 Å². The Balaban J connectivity index is 1.66. The number of pyridine rings is 1. The Morgan fingerprint density at radius 1 is 1.45 bits per heavy atom. The number of anilines is 1. The summed E-state index contributed by atoms with van der Waals surface area (Å²) in [6.07, 6.45) is 4.45. The Labute approximate surface area is 120 Å². The Kier molecular flexibility index (Phi) is 5.80. The second-order valence-electron chi connectivity index (χ2n) is 4.96. The molecular weight excluding hydrogens is 254 g/mol. The van der Waals surface area contributed by atoms with Gasteiger partial charge in [0.05, 0.1) is 13.0 Å². The molecule has 0 spiro atoms. The molecule has 20 heavy (non-hydrogen) atoms. The second-order valence-corrected chi connectivity index (χ2v) is 4.96. The Hall–Kier alpha value is -1.62. The first-order chi connectivity index (χ1) is 9.79. The van der Waals surface area contributed by atoms with E-state index in [9.17, 15) is 4.79 Å². The van der Waals surface area contributed by atoms with Crippen molar-refractivity contribution >= 4 is 11.8 Å². The number of ether oxygens (including phenoxy) is 1. The number of carbonyl (C=O) groups is 1. The highest BCUT2D eigenvalue weighted by Gasteiger charge is 2.19. The van der Waals surface area contributed by atoms with Gasteiger partial charge in [-0.1, -0.05) is 6.07 Å². The normalized spacial score (nSPS) is 16.1. The van der Waals surface area contributed by atoms with Gasteiger partial charge < -0.3 is 15.0 Å². The third-order valence-corrected chi connectivity index (χ3v) is 3.54. The molecule has 1 aromatic rings. The number of aromatic nitrogens is 1. The zero-order valence-electron chi connectivity index (χ0n) is 12.0. The van der Waals surface area contributed by atoms with Crippen LogP contribution in [0.1, 0.15) is 26.2 Å². The third kappa shape index (κ3) is 4.49. The molecule has 0 saturated carbocycles. The predicted molar refractivity (Wildman–Crippen MR) is 78.7 cm³/mol. The maximum Gasteiger partial charge on any atom is 0.307 e. The van der Waals surface area contributed by atoms with E-state index < -0.39 is 0 Å². The number of nitrogens with one attached hydrogen (secondary N) is 1. The summed E-state index contributed by atoms with van der Waals surface area (Å²) in [5.74, 6) is 0.934. The van der Waals surface area contributed by atoms with Crippen LogP contribution in [-0.2, 0) is 9.53 Å². The fourth-order valence-corrected chi connectivity index (χ4v) is 2.47. The van der Waals surface area contributed by atoms with E-state index in [0.29, 0.717) is 25.6 Å². The average Bonchev–Trinajstić information content (AvgIpc) is 2.49. The topological polar surface area (TPSA) is 54.5 Å². The average molecular weight is 277 g/mol. The van der Waals surface area contributed by atoms with Gasteiger partial charge >= 0.3 is 5.97 Å². The van der Waals surface area contributed by atoms with Crippen LogP contribution < -0.4 is 10.2 Å². The lowest BCUT2D eigenvalue weighted by atomic mass is 10.0. The molecule has 0 aromatic carbocycles. The molecule has 1 N–H and O–H groups in total. The van der Waals surface area contributed by atoms with Crippen molar-refractivity contribution in [2.75, 3.05) is 31.1 Å². The number of piperidine rings is 1. The molecule has 110 valence electrons. The van der Waals surface area contributed by atoms with Crippen molar-refractivity contribution < 1.29 is 9.53 Å². The first kappa shape index (κ1) is 14.8. The molecule has 2 rings (SSSR count). The van der Waals surface area contributed by atoms with Crippen molar-refractivity contribution in [1.82, 2.24) is 10.3 Å². The first-order valence-electron chi connectivity index (χ1n) is 7.34. The smallest absolute Gasteiger partial charge is 0.307 e. The largest absolute Gasteiger partial charge is 0.466 e. The number of carbonyl (C=O) groups excluding carboxylic acids is 1. The standard InChI is InChI=1S/C15H23N3O2/c1-2-20-15(19)6-10-16-13-7-11-18(12-8-13)14-5-3-4-9-17-14/h3-5,9,13,16H,2,6-8,10-12H2,1H3. The highest BCUT2D eigenvalue weighted by Crippen LogP contribution is 2.17. The highest BCUT2D eigenvalue weighted by molar-refractivity contribution is 5.69. The van der Waals surface area contributed by atoms with Gasteiger partial charge in [-0.2, -0.15) is 0 Å². The molecule has 0 bridgehead atoms. The van der Waals surface area contributed by atoms with Crippen molar-refractivity contribution in [3.63, 3.8) is 0 Å². The lowest BCUT2D eigenvalue weighted by molar-refractivity contribution is -0.143. The molecule has 0 aliphatic carbocycles. The van der Waals surface area contributed by atoms with Gasteiger partial charge in [-0.25, -0.2) is 4.98 Å². The minimum absolute atomic E-state index is 0.120. The van der Waals surface area contributed by atoms with Gasteiger partial charge in [0, 0.05) is 31.9 Å². The van der Waals surface area contributed by atoms with Gasteiger partial charge in [0.2, 0.25) is 0 Å². The Morgan fingerprint density at radius 2 is 2.25 bits per heavy atom. The van der Waals surface area contributed by atoms with Crippen molar-refractivity contribution in [1.29, 1.82) is 0 Å². The number of nitrogens with zero attached hydrogens (tertiary/aromatic N) is 2. The molecule has 0 amide bonds. The summed E-state index contributed by atoms with van der Waals surface area (Å²) in [5, 5.41) is 3.44. The van der Waals surface area contributed by atoms with Crippen LogP contribution in [0.3, 0.4) is 0 Å². The second kappa shape index (κ2) is 7.85. The van der Waals surface area contributed by atoms with E-state index in [1.54, 1.807) is 0 Å². The van der Waals surface area contributed by atoms with E-state index >= 15 is 0 Å². The summed E-state index contributed by atoms with van der Waals surface area (Å²) in [5.41, 5.74) is 0. The van der Waals surface area contributed by atoms with Crippen molar-refractivity contribution in [3.05, 3.63) is 24.4 Å². The zero-order valence-corrected chi connectivity index (χ0v) is 12.0. The van der Waals surface area contributed by atoms with Crippen LogP contribution in [0.4, 0.5) is 5.82 Å². The number of hydrogen-bond donors (Lipinski definition) is 1. The van der Waals surface area contributed by atoms with Gasteiger partial charge in [0.25, 0.3) is 0 Å². The lowest BCUT2D eigenvalue weighted by Crippen LogP contribution is -2.43. The monoisotopic (exact) mass is 277 g/mol. The molecule has 0 unspecified atom stereocenters. The minimum atomic E-state index is -0.120. The Bertz CT molecular complexity index is 403. The lowest BCUT2D eigenvalue weighted by Gasteiger charge is -2.33. The van der Waals surface area contributed by atoms with Crippen LogP contribution in [0.2, 0.25) is 0 Å². The fraction of sp³-hybridized carbons (Fsp3) is 0.600. The summed E-state index contributed by atoms with van der Waals surface area (Å²) in [4.78, 5) is 17.9. The van der Waals surface area contributed by atoms with Gasteiger partial charge in [-0.05, 0) is 31.9 Å². The first-order valence-corrected chi connectivity index (χ1v) is 7.34. The third-order valence-electron chi connectivity index (χ3n) is 3.54. The van der Waals surface area contributed by atoms with Gasteiger partial charge in [0.15, 0.2) is 0 Å². The zero-order chi connectivity index (χ0) is 14.2. The van der Waals surface area contributed by atoms with E-state index in [4.69, 9.17) is 4.74 Å². The van der Waals surface area contributed by atoms with Crippen molar-refractivity contribution in [2.45, 2.75) is 32.2 Å². The molecule has 1 aromatic heterocycles. The number of esters is 1. The molecular formula is C15H23N3O2. The fourth-order valence-electron chi connectivity index (χ4n) is 2.47. The molecule has 1 saturated heterocycles. The molecule has 1 aliphatic rings. The van der Waals surface area contributed by atoms with Crippen molar-refractivity contribution in [3.8, 4) is 0 Å². The maximum atomic E-state index is 11.2. The Morgan fingerprint density at radius 3 is 2.90 bits per heavy atom. The predicted octanol–water partition coefficient (Wildman–Crippen LogP) is 1.59. The molecule has 0 atom stereocenters. The molecule has 5 nitrogen and oxygen atoms in total. The minimum Gasteiger partial charge on any atom is -0.466 e. The highest BCUT2D eigenvalue weighted by atomic mass is 16.5. The van der Waals surface area contributed by atoms with Crippen LogP contribution in [0.5, 0.6) is 0 Å². The van der Waals surface area contributed by atoms with Crippen molar-refractivity contribution in [2.24, 2.45) is 0 Å². The van der Waals surface area contributed by atoms with Crippen LogP contribution in [0, 0.1) is 0 Å². The van der Waals surface area contributed by atoms with Gasteiger partial charge in [-0.3, -0.25) is 4.79 Å². The summed E-state index contributed by atoms with van der Waals surface area (Å²) in [7, 11) is 0. The molecule has 1 aliphatic heterocycles. The quantitative estimate of drug-likeness (QED) is 0.800. The van der Waals surface area contributed by atoms with Crippen LogP contribution in [0.15, 0.2) is 24.4 Å². The van der Waals surface area contributed by atoms with E-state index in [0.717, 1.165) is 31.7 Å². The van der Waals surface area contributed by atoms with Gasteiger partial charge in [-0.15, -0.1) is 0 Å². The van der Waals surface area contributed by atoms with E-state index in [-0.39, 0.29) is 5.97 Å². The van der Waals surface area contributed by atoms with Gasteiger partial charge in [0.1, 0.15) is 5.82 Å². The van der Waals surface area contributed by atoms with Crippen LogP contribution in [0.25, 0.3) is 0 Å². The van der Waals surface area contributed by atoms with E-state index in [2.05, 4.69) is 21.3 Å². The molecule has 0 radical (unpaired) electrons. The van der Waals surface area contributed by atoms with Crippen LogP contribution in [-0.4, -0.2) is 43.2 Å². The summed E-state index contributed by atoms with van der Waals surface area (Å²) >= 11 is 0. The van der Waals surface area contributed by atoms with E-state index in [1.807, 2.05) is 25.3 Å². The van der Waals surface area contributed by atoms with E-state index in [1.165, 1.54) is 0 Å².